The molecule has 2 rings (SSSR count). The fraction of sp³-hybridized carbons (Fsp3) is 0.368. The molecule has 0 aliphatic rings. The summed E-state index contributed by atoms with van der Waals surface area (Å²) in [5, 5.41) is 45.3. The van der Waals surface area contributed by atoms with Gasteiger partial charge in [0.15, 0.2) is 5.69 Å². The van der Waals surface area contributed by atoms with Gasteiger partial charge in [-0.3, -0.25) is 9.36 Å². The van der Waals surface area contributed by atoms with E-state index in [0.29, 0.717) is 0 Å². The van der Waals surface area contributed by atoms with Gasteiger partial charge in [0.1, 0.15) is 11.6 Å². The second kappa shape index (κ2) is 10.3. The average molecular weight is 449 g/mol. The van der Waals surface area contributed by atoms with Crippen molar-refractivity contribution in [3.63, 3.8) is 0 Å². The fourth-order valence-corrected chi connectivity index (χ4v) is 4.29. The van der Waals surface area contributed by atoms with E-state index in [0.717, 1.165) is 8.87 Å². The molecule has 0 aliphatic heterocycles. The Kier molecular flexibility index (Phi) is 8.01. The van der Waals surface area contributed by atoms with E-state index in [1.165, 1.54) is 31.2 Å². The number of benzene rings is 1. The standard InChI is InChI=1S/C19H23N5O6S/c1-3-24-18(27)16(12-20)13(2)17(19(24)28)22-21-14-4-6-15(7-5-14)31(29,30)23(8-10-25)9-11-26/h4-7,25-27H,3,8-11H2,1-2H3. The number of azo groups is 1. The van der Waals surface area contributed by atoms with Gasteiger partial charge in [-0.05, 0) is 38.1 Å². The first-order valence-corrected chi connectivity index (χ1v) is 10.8. The lowest BCUT2D eigenvalue weighted by Gasteiger charge is -2.20. The quantitative estimate of drug-likeness (QED) is 0.482. The second-order valence-electron chi connectivity index (χ2n) is 6.38. The predicted octanol–water partition coefficient (Wildman–Crippen LogP) is 1.14. The molecule has 1 aromatic heterocycles. The van der Waals surface area contributed by atoms with Gasteiger partial charge < -0.3 is 15.3 Å². The van der Waals surface area contributed by atoms with Gasteiger partial charge in [-0.2, -0.15) is 14.7 Å². The Balaban J connectivity index is 2.40. The van der Waals surface area contributed by atoms with Gasteiger partial charge in [0, 0.05) is 25.2 Å². The molecule has 0 unspecified atom stereocenters. The highest BCUT2D eigenvalue weighted by Gasteiger charge is 2.23. The van der Waals surface area contributed by atoms with Crippen molar-refractivity contribution >= 4 is 21.4 Å². The Morgan fingerprint density at radius 3 is 2.19 bits per heavy atom. The summed E-state index contributed by atoms with van der Waals surface area (Å²) in [7, 11) is -3.92. The minimum absolute atomic E-state index is 0.0609. The van der Waals surface area contributed by atoms with E-state index >= 15 is 0 Å². The Labute approximate surface area is 179 Å². The molecular weight excluding hydrogens is 426 g/mol. The summed E-state index contributed by atoms with van der Waals surface area (Å²) in [6.07, 6.45) is 0. The fourth-order valence-electron chi connectivity index (χ4n) is 2.87. The molecule has 1 heterocycles. The van der Waals surface area contributed by atoms with Gasteiger partial charge in [-0.1, -0.05) is 0 Å². The van der Waals surface area contributed by atoms with Crippen LogP contribution in [0.2, 0.25) is 0 Å². The van der Waals surface area contributed by atoms with Gasteiger partial charge in [0.2, 0.25) is 15.9 Å². The molecule has 0 spiro atoms. The van der Waals surface area contributed by atoms with Gasteiger partial charge in [0.05, 0.1) is 23.8 Å². The van der Waals surface area contributed by atoms with Crippen molar-refractivity contribution in [2.45, 2.75) is 25.3 Å². The van der Waals surface area contributed by atoms with Gasteiger partial charge in [-0.15, -0.1) is 5.11 Å². The monoisotopic (exact) mass is 449 g/mol. The number of aliphatic hydroxyl groups excluding tert-OH is 2. The van der Waals surface area contributed by atoms with Crippen LogP contribution < -0.4 is 5.56 Å². The molecule has 0 saturated carbocycles. The van der Waals surface area contributed by atoms with E-state index in [1.54, 1.807) is 6.92 Å². The zero-order valence-electron chi connectivity index (χ0n) is 17.1. The maximum absolute atomic E-state index is 12.6. The van der Waals surface area contributed by atoms with Crippen LogP contribution in [0.1, 0.15) is 18.1 Å². The van der Waals surface area contributed by atoms with Gasteiger partial charge >= 0.3 is 0 Å². The van der Waals surface area contributed by atoms with E-state index in [2.05, 4.69) is 10.2 Å². The van der Waals surface area contributed by atoms with Gasteiger partial charge in [-0.25, -0.2) is 8.42 Å². The van der Waals surface area contributed by atoms with E-state index in [4.69, 9.17) is 10.2 Å². The minimum atomic E-state index is -3.92. The van der Waals surface area contributed by atoms with Crippen LogP contribution in [0.25, 0.3) is 0 Å². The SMILES string of the molecule is CCn1c(O)c(C#N)c(C)c(N=Nc2ccc(S(=O)(=O)N(CCO)CCO)cc2)c1=O. The molecule has 1 aromatic carbocycles. The van der Waals surface area contributed by atoms with Crippen molar-refractivity contribution in [1.82, 2.24) is 8.87 Å². The third-order valence-corrected chi connectivity index (χ3v) is 6.44. The minimum Gasteiger partial charge on any atom is -0.493 e. The van der Waals surface area contributed by atoms with Crippen LogP contribution in [0, 0.1) is 18.3 Å². The van der Waals surface area contributed by atoms with Crippen LogP contribution in [0.15, 0.2) is 44.2 Å². The number of sulfonamides is 1. The molecule has 2 aromatic rings. The molecule has 0 bridgehead atoms. The van der Waals surface area contributed by atoms with E-state index in [9.17, 15) is 23.6 Å². The Hall–Kier alpha value is -3.11. The number of hydrogen-bond acceptors (Lipinski definition) is 9. The molecule has 31 heavy (non-hydrogen) atoms. The molecule has 3 N–H and O–H groups in total. The molecule has 11 nitrogen and oxygen atoms in total. The number of nitrogens with zero attached hydrogens (tertiary/aromatic N) is 5. The van der Waals surface area contributed by atoms with Crippen molar-refractivity contribution in [1.29, 1.82) is 5.26 Å². The summed E-state index contributed by atoms with van der Waals surface area (Å²) in [6.45, 7) is 2.14. The molecule has 0 atom stereocenters. The number of aliphatic hydroxyl groups is 2. The molecule has 166 valence electrons. The maximum Gasteiger partial charge on any atom is 0.281 e. The average Bonchev–Trinajstić information content (AvgIpc) is 2.74. The van der Waals surface area contributed by atoms with Crippen LogP contribution in [0.3, 0.4) is 0 Å². The second-order valence-corrected chi connectivity index (χ2v) is 8.32. The van der Waals surface area contributed by atoms with E-state index < -0.39 is 34.7 Å². The lowest BCUT2D eigenvalue weighted by molar-refractivity contribution is 0.217. The third-order valence-electron chi connectivity index (χ3n) is 4.52. The number of aromatic nitrogens is 1. The normalized spacial score (nSPS) is 11.9. The molecule has 0 aliphatic carbocycles. The number of aromatic hydroxyl groups is 1. The van der Waals surface area contributed by atoms with E-state index in [-0.39, 0.29) is 47.0 Å². The Morgan fingerprint density at radius 2 is 1.71 bits per heavy atom. The Bertz CT molecular complexity index is 1160. The Morgan fingerprint density at radius 1 is 1.13 bits per heavy atom. The summed E-state index contributed by atoms with van der Waals surface area (Å²) in [5.41, 5.74) is -0.359. The van der Waals surface area contributed by atoms with Crippen LogP contribution in [-0.4, -0.2) is 58.9 Å². The lowest BCUT2D eigenvalue weighted by Crippen LogP contribution is -2.35. The van der Waals surface area contributed by atoms with Crippen LogP contribution in [-0.2, 0) is 16.6 Å². The summed E-state index contributed by atoms with van der Waals surface area (Å²) in [6, 6.07) is 7.19. The van der Waals surface area contributed by atoms with Crippen LogP contribution in [0.5, 0.6) is 5.88 Å². The third kappa shape index (κ3) is 4.97. The predicted molar refractivity (Wildman–Crippen MR) is 111 cm³/mol. The van der Waals surface area contributed by atoms with Crippen molar-refractivity contribution in [2.75, 3.05) is 26.3 Å². The first-order chi connectivity index (χ1) is 14.7. The number of nitriles is 1. The molecule has 0 amide bonds. The number of hydrogen-bond donors (Lipinski definition) is 3. The van der Waals surface area contributed by atoms with Crippen molar-refractivity contribution < 1.29 is 23.7 Å². The molecule has 0 saturated heterocycles. The summed E-state index contributed by atoms with van der Waals surface area (Å²) < 4.78 is 27.2. The lowest BCUT2D eigenvalue weighted by atomic mass is 10.1. The van der Waals surface area contributed by atoms with Crippen molar-refractivity contribution in [3.05, 3.63) is 45.7 Å². The first kappa shape index (κ1) is 24.2. The first-order valence-electron chi connectivity index (χ1n) is 9.33. The molecule has 12 heteroatoms. The summed E-state index contributed by atoms with van der Waals surface area (Å²) in [5.74, 6) is -0.434. The maximum atomic E-state index is 12.6. The number of pyridine rings is 1. The zero-order chi connectivity index (χ0) is 23.2. The highest BCUT2D eigenvalue weighted by atomic mass is 32.2. The van der Waals surface area contributed by atoms with E-state index in [1.807, 2.05) is 6.07 Å². The van der Waals surface area contributed by atoms with Crippen LogP contribution >= 0.6 is 0 Å². The highest BCUT2D eigenvalue weighted by Crippen LogP contribution is 2.27. The van der Waals surface area contributed by atoms with Gasteiger partial charge in [0.25, 0.3) is 5.56 Å². The zero-order valence-corrected chi connectivity index (χ0v) is 17.9. The van der Waals surface area contributed by atoms with Crippen LogP contribution in [0.4, 0.5) is 11.4 Å². The smallest absolute Gasteiger partial charge is 0.281 e. The van der Waals surface area contributed by atoms with Crippen molar-refractivity contribution in [2.24, 2.45) is 10.2 Å². The molecular formula is C19H23N5O6S. The largest absolute Gasteiger partial charge is 0.493 e. The summed E-state index contributed by atoms with van der Waals surface area (Å²) in [4.78, 5) is 12.5. The highest BCUT2D eigenvalue weighted by molar-refractivity contribution is 7.89. The topological polar surface area (TPSA) is 169 Å². The summed E-state index contributed by atoms with van der Waals surface area (Å²) >= 11 is 0. The molecule has 0 radical (unpaired) electrons. The van der Waals surface area contributed by atoms with Crippen molar-refractivity contribution in [3.8, 4) is 11.9 Å². The number of rotatable bonds is 9. The molecule has 0 fully saturated rings.